The highest BCUT2D eigenvalue weighted by molar-refractivity contribution is 5.68. The quantitative estimate of drug-likeness (QED) is 0.853. The first-order valence-corrected chi connectivity index (χ1v) is 5.68. The summed E-state index contributed by atoms with van der Waals surface area (Å²) in [5.41, 5.74) is -0.516. The molecule has 1 aromatic carbocycles. The van der Waals surface area contributed by atoms with Crippen LogP contribution in [0.2, 0.25) is 0 Å². The molecule has 0 bridgehead atoms. The Labute approximate surface area is 100 Å². The molecule has 1 aromatic rings. The molecule has 0 aromatic heterocycles. The van der Waals surface area contributed by atoms with Gasteiger partial charge in [-0.2, -0.15) is 0 Å². The average molecular weight is 236 g/mol. The maximum atomic E-state index is 10.8. The van der Waals surface area contributed by atoms with E-state index in [9.17, 15) is 4.79 Å². The third kappa shape index (κ3) is 2.70. The Hall–Kier alpha value is -1.71. The fourth-order valence-corrected chi connectivity index (χ4v) is 2.08. The molecule has 17 heavy (non-hydrogen) atoms. The Morgan fingerprint density at radius 2 is 2.12 bits per heavy atom. The summed E-state index contributed by atoms with van der Waals surface area (Å²) in [5, 5.41) is 8.89. The van der Waals surface area contributed by atoms with E-state index in [1.165, 1.54) is 0 Å². The van der Waals surface area contributed by atoms with Crippen molar-refractivity contribution in [1.29, 1.82) is 0 Å². The summed E-state index contributed by atoms with van der Waals surface area (Å²) in [7, 11) is 1.59. The van der Waals surface area contributed by atoms with Crippen molar-refractivity contribution in [3.05, 3.63) is 24.3 Å². The molecular weight excluding hydrogens is 220 g/mol. The van der Waals surface area contributed by atoms with E-state index < -0.39 is 11.6 Å². The van der Waals surface area contributed by atoms with E-state index in [1.807, 2.05) is 18.2 Å². The van der Waals surface area contributed by atoms with Gasteiger partial charge in [0.05, 0.1) is 13.5 Å². The first-order valence-electron chi connectivity index (χ1n) is 5.68. The smallest absolute Gasteiger partial charge is 0.307 e. The molecule has 0 heterocycles. The van der Waals surface area contributed by atoms with E-state index in [0.29, 0.717) is 11.5 Å². The lowest BCUT2D eigenvalue weighted by atomic mass is 9.77. The van der Waals surface area contributed by atoms with Crippen molar-refractivity contribution in [2.75, 3.05) is 7.11 Å². The Kier molecular flexibility index (Phi) is 3.22. The molecule has 92 valence electrons. The van der Waals surface area contributed by atoms with Crippen LogP contribution in [0.1, 0.15) is 25.7 Å². The molecule has 1 saturated carbocycles. The number of benzene rings is 1. The molecule has 1 fully saturated rings. The van der Waals surface area contributed by atoms with Crippen LogP contribution in [0, 0.1) is 0 Å². The Balaban J connectivity index is 2.09. The minimum atomic E-state index is -0.812. The minimum Gasteiger partial charge on any atom is -0.497 e. The van der Waals surface area contributed by atoms with E-state index in [1.54, 1.807) is 13.2 Å². The number of carbonyl (C=O) groups is 1. The number of ether oxygens (including phenoxy) is 2. The molecule has 0 aliphatic heterocycles. The molecule has 1 aliphatic carbocycles. The third-order valence-corrected chi connectivity index (χ3v) is 3.11. The van der Waals surface area contributed by atoms with Crippen molar-refractivity contribution in [2.45, 2.75) is 31.3 Å². The number of carboxylic acid groups (broad SMARTS) is 1. The highest BCUT2D eigenvalue weighted by Gasteiger charge is 2.41. The Morgan fingerprint density at radius 1 is 1.41 bits per heavy atom. The molecule has 1 N–H and O–H groups in total. The second-order valence-electron chi connectivity index (χ2n) is 4.39. The van der Waals surface area contributed by atoms with Gasteiger partial charge in [0.1, 0.15) is 17.1 Å². The van der Waals surface area contributed by atoms with E-state index in [4.69, 9.17) is 14.6 Å². The van der Waals surface area contributed by atoms with Crippen molar-refractivity contribution < 1.29 is 19.4 Å². The summed E-state index contributed by atoms with van der Waals surface area (Å²) >= 11 is 0. The van der Waals surface area contributed by atoms with Gasteiger partial charge in [0.2, 0.25) is 0 Å². The van der Waals surface area contributed by atoms with E-state index in [2.05, 4.69) is 0 Å². The average Bonchev–Trinajstić information content (AvgIpc) is 2.26. The van der Waals surface area contributed by atoms with Crippen LogP contribution in [0.5, 0.6) is 11.5 Å². The molecule has 0 amide bonds. The van der Waals surface area contributed by atoms with E-state index in [0.717, 1.165) is 19.3 Å². The van der Waals surface area contributed by atoms with Gasteiger partial charge >= 0.3 is 5.97 Å². The molecule has 1 aliphatic rings. The lowest BCUT2D eigenvalue weighted by Crippen LogP contribution is -2.45. The lowest BCUT2D eigenvalue weighted by Gasteiger charge is -2.40. The predicted octanol–water partition coefficient (Wildman–Crippen LogP) is 2.47. The highest BCUT2D eigenvalue weighted by atomic mass is 16.5. The maximum absolute atomic E-state index is 10.8. The SMILES string of the molecule is COc1cccc(OC2(CC(=O)O)CCC2)c1. The summed E-state index contributed by atoms with van der Waals surface area (Å²) < 4.78 is 10.9. The van der Waals surface area contributed by atoms with Gasteiger partial charge in [-0.3, -0.25) is 4.79 Å². The highest BCUT2D eigenvalue weighted by Crippen LogP contribution is 2.39. The van der Waals surface area contributed by atoms with Gasteiger partial charge in [-0.05, 0) is 31.4 Å². The number of hydrogen-bond donors (Lipinski definition) is 1. The summed E-state index contributed by atoms with van der Waals surface area (Å²) in [6.45, 7) is 0. The van der Waals surface area contributed by atoms with Gasteiger partial charge in [0.15, 0.2) is 0 Å². The van der Waals surface area contributed by atoms with Gasteiger partial charge < -0.3 is 14.6 Å². The zero-order valence-corrected chi connectivity index (χ0v) is 9.81. The molecule has 4 heteroatoms. The van der Waals surface area contributed by atoms with E-state index in [-0.39, 0.29) is 6.42 Å². The molecular formula is C13H16O4. The minimum absolute atomic E-state index is 0.0597. The van der Waals surface area contributed by atoms with Crippen molar-refractivity contribution in [1.82, 2.24) is 0 Å². The molecule has 0 unspecified atom stereocenters. The first-order chi connectivity index (χ1) is 8.13. The normalized spacial score (nSPS) is 17.0. The van der Waals surface area contributed by atoms with Crippen LogP contribution in [0.25, 0.3) is 0 Å². The Morgan fingerprint density at radius 3 is 2.65 bits per heavy atom. The van der Waals surface area contributed by atoms with Crippen molar-refractivity contribution in [3.8, 4) is 11.5 Å². The molecule has 4 nitrogen and oxygen atoms in total. The number of rotatable bonds is 5. The summed E-state index contributed by atoms with van der Waals surface area (Å²) in [6.07, 6.45) is 2.69. The summed E-state index contributed by atoms with van der Waals surface area (Å²) in [5.74, 6) is 0.574. The van der Waals surface area contributed by atoms with Crippen molar-refractivity contribution >= 4 is 5.97 Å². The van der Waals surface area contributed by atoms with E-state index >= 15 is 0 Å². The van der Waals surface area contributed by atoms with Crippen LogP contribution >= 0.6 is 0 Å². The molecule has 0 spiro atoms. The van der Waals surface area contributed by atoms with Gasteiger partial charge in [-0.25, -0.2) is 0 Å². The van der Waals surface area contributed by atoms with Gasteiger partial charge in [-0.1, -0.05) is 6.07 Å². The standard InChI is InChI=1S/C13H16O4/c1-16-10-4-2-5-11(8-10)17-13(6-3-7-13)9-12(14)15/h2,4-5,8H,3,6-7,9H2,1H3,(H,14,15). The number of aliphatic carboxylic acids is 1. The lowest BCUT2D eigenvalue weighted by molar-refractivity contribution is -0.144. The van der Waals surface area contributed by atoms with Gasteiger partial charge in [0.25, 0.3) is 0 Å². The van der Waals surface area contributed by atoms with Crippen LogP contribution in [0.4, 0.5) is 0 Å². The van der Waals surface area contributed by atoms with Crippen LogP contribution < -0.4 is 9.47 Å². The monoisotopic (exact) mass is 236 g/mol. The second-order valence-corrected chi connectivity index (χ2v) is 4.39. The zero-order chi connectivity index (χ0) is 12.3. The summed E-state index contributed by atoms with van der Waals surface area (Å²) in [4.78, 5) is 10.8. The van der Waals surface area contributed by atoms with Crippen molar-refractivity contribution in [2.24, 2.45) is 0 Å². The van der Waals surface area contributed by atoms with Crippen LogP contribution in [0.3, 0.4) is 0 Å². The zero-order valence-electron chi connectivity index (χ0n) is 9.81. The number of hydrogen-bond acceptors (Lipinski definition) is 3. The third-order valence-electron chi connectivity index (χ3n) is 3.11. The second kappa shape index (κ2) is 4.65. The van der Waals surface area contributed by atoms with Crippen LogP contribution in [-0.4, -0.2) is 23.8 Å². The largest absolute Gasteiger partial charge is 0.497 e. The van der Waals surface area contributed by atoms with Crippen LogP contribution in [0.15, 0.2) is 24.3 Å². The molecule has 0 radical (unpaired) electrons. The first kappa shape index (κ1) is 11.8. The van der Waals surface area contributed by atoms with Gasteiger partial charge in [0, 0.05) is 6.07 Å². The van der Waals surface area contributed by atoms with Gasteiger partial charge in [-0.15, -0.1) is 0 Å². The van der Waals surface area contributed by atoms with Crippen LogP contribution in [-0.2, 0) is 4.79 Å². The number of methoxy groups -OCH3 is 1. The number of carboxylic acids is 1. The Bertz CT molecular complexity index is 410. The predicted molar refractivity (Wildman–Crippen MR) is 62.5 cm³/mol. The fourth-order valence-electron chi connectivity index (χ4n) is 2.08. The summed E-state index contributed by atoms with van der Waals surface area (Å²) in [6, 6.07) is 7.27. The fraction of sp³-hybridized carbons (Fsp3) is 0.462. The molecule has 2 rings (SSSR count). The molecule has 0 saturated heterocycles. The maximum Gasteiger partial charge on any atom is 0.307 e. The molecule has 0 atom stereocenters. The topological polar surface area (TPSA) is 55.8 Å². The van der Waals surface area contributed by atoms with Crippen molar-refractivity contribution in [3.63, 3.8) is 0 Å².